The van der Waals surface area contributed by atoms with Gasteiger partial charge in [0.1, 0.15) is 23.0 Å². The first-order valence-corrected chi connectivity index (χ1v) is 9.48. The van der Waals surface area contributed by atoms with E-state index in [1.807, 2.05) is 18.2 Å². The van der Waals surface area contributed by atoms with Crippen LogP contribution in [0.3, 0.4) is 0 Å². The maximum atomic E-state index is 11.2. The minimum absolute atomic E-state index is 0.149. The summed E-state index contributed by atoms with van der Waals surface area (Å²) in [7, 11) is 0. The maximum absolute atomic E-state index is 11.2. The number of phenolic OH excluding ortho intramolecular Hbond substituents is 2. The van der Waals surface area contributed by atoms with Crippen molar-refractivity contribution in [2.24, 2.45) is 0 Å². The van der Waals surface area contributed by atoms with Crippen LogP contribution >= 0.6 is 0 Å². The molecule has 30 heavy (non-hydrogen) atoms. The molecule has 0 saturated heterocycles. The van der Waals surface area contributed by atoms with Crippen molar-refractivity contribution in [2.75, 3.05) is 0 Å². The fraction of sp³-hybridized carbons (Fsp3) is 0.0800. The molecule has 1 atom stereocenters. The lowest BCUT2D eigenvalue weighted by Gasteiger charge is -2.16. The van der Waals surface area contributed by atoms with Gasteiger partial charge in [-0.2, -0.15) is 0 Å². The zero-order valence-corrected chi connectivity index (χ0v) is 16.2. The molecular weight excluding hydrogens is 380 g/mol. The van der Waals surface area contributed by atoms with Gasteiger partial charge in [-0.3, -0.25) is 4.79 Å². The molecule has 0 radical (unpaired) electrons. The van der Waals surface area contributed by atoms with Crippen LogP contribution in [0, 0.1) is 0 Å². The molecule has 0 saturated carbocycles. The average molecular weight is 400 g/mol. The summed E-state index contributed by atoms with van der Waals surface area (Å²) in [5.74, 6) is -0.0524. The van der Waals surface area contributed by atoms with Gasteiger partial charge in [0.15, 0.2) is 0 Å². The molecule has 150 valence electrons. The molecule has 0 spiro atoms. The van der Waals surface area contributed by atoms with Crippen LogP contribution in [0.4, 0.5) is 0 Å². The molecule has 0 heterocycles. The molecule has 3 N–H and O–H groups in total. The van der Waals surface area contributed by atoms with Crippen molar-refractivity contribution in [1.82, 2.24) is 0 Å². The minimum atomic E-state index is -0.885. The van der Waals surface area contributed by atoms with Crippen LogP contribution in [0.1, 0.15) is 18.4 Å². The maximum Gasteiger partial charge on any atom is 0.310 e. The van der Waals surface area contributed by atoms with Gasteiger partial charge >= 0.3 is 5.97 Å². The summed E-state index contributed by atoms with van der Waals surface area (Å²) in [5.41, 5.74) is 2.26. The van der Waals surface area contributed by atoms with Gasteiger partial charge in [0.25, 0.3) is 0 Å². The van der Waals surface area contributed by atoms with E-state index in [0.29, 0.717) is 17.1 Å². The molecule has 1 unspecified atom stereocenters. The van der Waals surface area contributed by atoms with Crippen molar-refractivity contribution >= 4 is 16.7 Å². The van der Waals surface area contributed by atoms with E-state index in [0.717, 1.165) is 21.9 Å². The third-order valence-electron chi connectivity index (χ3n) is 5.08. The Morgan fingerprint density at radius 2 is 1.60 bits per heavy atom. The van der Waals surface area contributed by atoms with Crippen LogP contribution in [-0.2, 0) is 4.79 Å². The Kier molecular flexibility index (Phi) is 5.02. The molecule has 5 heteroatoms. The van der Waals surface area contributed by atoms with Gasteiger partial charge in [0.05, 0.1) is 5.92 Å². The zero-order chi connectivity index (χ0) is 21.3. The third kappa shape index (κ3) is 3.78. The van der Waals surface area contributed by atoms with E-state index in [2.05, 4.69) is 0 Å². The van der Waals surface area contributed by atoms with Crippen molar-refractivity contribution in [2.45, 2.75) is 12.8 Å². The van der Waals surface area contributed by atoms with Gasteiger partial charge in [-0.1, -0.05) is 30.3 Å². The monoisotopic (exact) mass is 400 g/mol. The Morgan fingerprint density at radius 1 is 0.867 bits per heavy atom. The lowest BCUT2D eigenvalue weighted by Crippen LogP contribution is -2.06. The van der Waals surface area contributed by atoms with Gasteiger partial charge in [-0.05, 0) is 72.0 Å². The number of carbonyl (C=O) groups is 1. The van der Waals surface area contributed by atoms with Crippen LogP contribution < -0.4 is 4.74 Å². The highest BCUT2D eigenvalue weighted by atomic mass is 16.5. The van der Waals surface area contributed by atoms with E-state index in [4.69, 9.17) is 4.74 Å². The number of aliphatic carboxylic acids is 1. The number of aromatic hydroxyl groups is 2. The van der Waals surface area contributed by atoms with E-state index in [9.17, 15) is 20.1 Å². The molecule has 0 amide bonds. The Morgan fingerprint density at radius 3 is 2.30 bits per heavy atom. The zero-order valence-electron chi connectivity index (χ0n) is 16.2. The molecule has 0 aromatic heterocycles. The number of rotatable bonds is 5. The number of carboxylic acid groups (broad SMARTS) is 1. The lowest BCUT2D eigenvalue weighted by atomic mass is 9.99. The van der Waals surface area contributed by atoms with Crippen molar-refractivity contribution < 1.29 is 24.9 Å². The van der Waals surface area contributed by atoms with Crippen LogP contribution in [0.5, 0.6) is 23.0 Å². The number of phenols is 2. The number of hydrogen-bond donors (Lipinski definition) is 3. The van der Waals surface area contributed by atoms with Gasteiger partial charge in [0, 0.05) is 10.9 Å². The van der Waals surface area contributed by atoms with Gasteiger partial charge in [-0.25, -0.2) is 0 Å². The predicted octanol–water partition coefficient (Wildman–Crippen LogP) is 5.90. The summed E-state index contributed by atoms with van der Waals surface area (Å²) in [6.45, 7) is 1.63. The Labute approximate surface area is 173 Å². The number of carboxylic acids is 1. The van der Waals surface area contributed by atoms with Gasteiger partial charge in [0.2, 0.25) is 0 Å². The fourth-order valence-corrected chi connectivity index (χ4v) is 3.38. The highest BCUT2D eigenvalue weighted by molar-refractivity contribution is 5.96. The summed E-state index contributed by atoms with van der Waals surface area (Å²) in [6.07, 6.45) is 0. The van der Waals surface area contributed by atoms with E-state index in [1.165, 1.54) is 0 Å². The highest BCUT2D eigenvalue weighted by Gasteiger charge is 2.16. The molecule has 0 aliphatic carbocycles. The normalized spacial score (nSPS) is 11.9. The van der Waals surface area contributed by atoms with E-state index < -0.39 is 11.9 Å². The van der Waals surface area contributed by atoms with Crippen LogP contribution in [0.25, 0.3) is 21.9 Å². The molecule has 4 rings (SSSR count). The number of fused-ring (bicyclic) bond motifs is 1. The van der Waals surface area contributed by atoms with Gasteiger partial charge in [-0.15, -0.1) is 0 Å². The lowest BCUT2D eigenvalue weighted by molar-refractivity contribution is -0.138. The Balaban J connectivity index is 1.81. The summed E-state index contributed by atoms with van der Waals surface area (Å²) in [4.78, 5) is 11.2. The largest absolute Gasteiger partial charge is 0.508 e. The standard InChI is InChI=1S/C25H20O5/c1-15(25(28)29)16-5-9-21(10-6-16)30-24-22(17-3-2-4-19(26)13-17)11-7-18-14-20(27)8-12-23(18)24/h2-15,26-27H,1H3,(H,28,29). The van der Waals surface area contributed by atoms with E-state index in [-0.39, 0.29) is 11.5 Å². The SMILES string of the molecule is CC(C(=O)O)c1ccc(Oc2c(-c3cccc(O)c3)ccc3cc(O)ccc23)cc1. The van der Waals surface area contributed by atoms with Crippen molar-refractivity contribution in [3.63, 3.8) is 0 Å². The summed E-state index contributed by atoms with van der Waals surface area (Å²) in [6, 6.07) is 22.7. The minimum Gasteiger partial charge on any atom is -0.508 e. The first kappa shape index (κ1) is 19.3. The fourth-order valence-electron chi connectivity index (χ4n) is 3.38. The summed E-state index contributed by atoms with van der Waals surface area (Å²) < 4.78 is 6.24. The first-order chi connectivity index (χ1) is 14.4. The van der Waals surface area contributed by atoms with Crippen molar-refractivity contribution in [1.29, 1.82) is 0 Å². The second-order valence-corrected chi connectivity index (χ2v) is 7.13. The number of hydrogen-bond acceptors (Lipinski definition) is 4. The number of ether oxygens (including phenoxy) is 1. The van der Waals surface area contributed by atoms with Gasteiger partial charge < -0.3 is 20.1 Å². The Bertz CT molecular complexity index is 1230. The second-order valence-electron chi connectivity index (χ2n) is 7.13. The molecule has 5 nitrogen and oxygen atoms in total. The van der Waals surface area contributed by atoms with Crippen LogP contribution in [-0.4, -0.2) is 21.3 Å². The quantitative estimate of drug-likeness (QED) is 0.388. The molecule has 4 aromatic carbocycles. The number of benzene rings is 4. The first-order valence-electron chi connectivity index (χ1n) is 9.48. The molecule has 0 aliphatic rings. The van der Waals surface area contributed by atoms with E-state index in [1.54, 1.807) is 67.6 Å². The summed E-state index contributed by atoms with van der Waals surface area (Å²) in [5, 5.41) is 30.6. The average Bonchev–Trinajstić information content (AvgIpc) is 2.73. The topological polar surface area (TPSA) is 87.0 Å². The second kappa shape index (κ2) is 7.79. The van der Waals surface area contributed by atoms with Crippen LogP contribution in [0.2, 0.25) is 0 Å². The molecule has 4 aromatic rings. The third-order valence-corrected chi connectivity index (χ3v) is 5.08. The summed E-state index contributed by atoms with van der Waals surface area (Å²) >= 11 is 0. The van der Waals surface area contributed by atoms with Crippen molar-refractivity contribution in [3.05, 3.63) is 84.4 Å². The molecule has 0 fully saturated rings. The molecule has 0 aliphatic heterocycles. The predicted molar refractivity (Wildman–Crippen MR) is 115 cm³/mol. The van der Waals surface area contributed by atoms with E-state index >= 15 is 0 Å². The molecular formula is C25H20O5. The highest BCUT2D eigenvalue weighted by Crippen LogP contribution is 2.41. The Hall–Kier alpha value is -3.99. The van der Waals surface area contributed by atoms with Crippen LogP contribution in [0.15, 0.2) is 78.9 Å². The smallest absolute Gasteiger partial charge is 0.310 e. The van der Waals surface area contributed by atoms with Crippen molar-refractivity contribution in [3.8, 4) is 34.1 Å². The molecule has 0 bridgehead atoms.